The van der Waals surface area contributed by atoms with Crippen molar-refractivity contribution < 1.29 is 19.4 Å². The average Bonchev–Trinajstić information content (AvgIpc) is 2.95. The molecule has 1 spiro atoms. The molecule has 0 unspecified atom stereocenters. The Labute approximate surface area is 153 Å². The molecule has 26 heavy (non-hydrogen) atoms. The third-order valence-corrected chi connectivity index (χ3v) is 5.81. The third-order valence-electron chi connectivity index (χ3n) is 5.81. The fraction of sp³-hybridized carbons (Fsp3) is 0.409. The SMILES string of the molecule is COc1ccc(COc2ccc3c(c2)C(=O)[C@]2(CC[C@H](O)CC2)C3)cc1. The largest absolute Gasteiger partial charge is 0.497 e. The van der Waals surface area contributed by atoms with E-state index in [0.29, 0.717) is 6.61 Å². The van der Waals surface area contributed by atoms with E-state index in [1.54, 1.807) is 7.11 Å². The first kappa shape index (κ1) is 17.1. The molecule has 0 saturated heterocycles. The van der Waals surface area contributed by atoms with E-state index in [2.05, 4.69) is 0 Å². The summed E-state index contributed by atoms with van der Waals surface area (Å²) in [6.45, 7) is 0.453. The Balaban J connectivity index is 1.47. The Bertz CT molecular complexity index is 801. The molecular weight excluding hydrogens is 328 g/mol. The quantitative estimate of drug-likeness (QED) is 0.906. The van der Waals surface area contributed by atoms with E-state index in [4.69, 9.17) is 9.47 Å². The number of Topliss-reactive ketones (excluding diaryl/α,β-unsaturated/α-hetero) is 1. The maximum atomic E-state index is 13.0. The van der Waals surface area contributed by atoms with Crippen LogP contribution in [-0.2, 0) is 13.0 Å². The summed E-state index contributed by atoms with van der Waals surface area (Å²) in [4.78, 5) is 13.0. The first-order valence-corrected chi connectivity index (χ1v) is 9.21. The van der Waals surface area contributed by atoms with Gasteiger partial charge in [-0.15, -0.1) is 0 Å². The van der Waals surface area contributed by atoms with Crippen LogP contribution in [0.15, 0.2) is 42.5 Å². The van der Waals surface area contributed by atoms with E-state index < -0.39 is 0 Å². The van der Waals surface area contributed by atoms with Gasteiger partial charge in [-0.25, -0.2) is 0 Å². The lowest BCUT2D eigenvalue weighted by molar-refractivity contribution is 0.0513. The number of aliphatic hydroxyl groups is 1. The van der Waals surface area contributed by atoms with Gasteiger partial charge in [0.2, 0.25) is 0 Å². The van der Waals surface area contributed by atoms with Crippen LogP contribution in [0.4, 0.5) is 0 Å². The zero-order valence-corrected chi connectivity index (χ0v) is 15.0. The van der Waals surface area contributed by atoms with Crippen molar-refractivity contribution in [2.24, 2.45) is 5.41 Å². The zero-order chi connectivity index (χ0) is 18.1. The highest BCUT2D eigenvalue weighted by Crippen LogP contribution is 2.47. The molecule has 4 nitrogen and oxygen atoms in total. The Morgan fingerprint density at radius 1 is 1.08 bits per heavy atom. The highest BCUT2D eigenvalue weighted by atomic mass is 16.5. The molecule has 0 amide bonds. The predicted molar refractivity (Wildman–Crippen MR) is 98.7 cm³/mol. The van der Waals surface area contributed by atoms with Crippen molar-refractivity contribution >= 4 is 5.78 Å². The molecule has 2 aliphatic carbocycles. The van der Waals surface area contributed by atoms with Gasteiger partial charge < -0.3 is 14.6 Å². The lowest BCUT2D eigenvalue weighted by Gasteiger charge is -2.33. The summed E-state index contributed by atoms with van der Waals surface area (Å²) in [6, 6.07) is 13.6. The number of hydrogen-bond acceptors (Lipinski definition) is 4. The number of carbonyl (C=O) groups is 1. The standard InChI is InChI=1S/C22H24O4/c1-25-18-5-2-15(3-6-18)14-26-19-7-4-16-13-22(21(24)20(16)12-19)10-8-17(23)9-11-22/h2-7,12,17,23H,8-11,13-14H2,1H3/t17-,22-. The van der Waals surface area contributed by atoms with Gasteiger partial charge in [-0.05, 0) is 67.5 Å². The second kappa shape index (κ2) is 6.76. The Hall–Kier alpha value is -2.33. The molecule has 136 valence electrons. The van der Waals surface area contributed by atoms with Crippen molar-refractivity contribution in [3.63, 3.8) is 0 Å². The monoisotopic (exact) mass is 352 g/mol. The minimum absolute atomic E-state index is 0.231. The molecule has 2 aromatic carbocycles. The van der Waals surface area contributed by atoms with Crippen molar-refractivity contribution in [3.8, 4) is 11.5 Å². The molecule has 0 aliphatic heterocycles. The number of aliphatic hydroxyl groups excluding tert-OH is 1. The summed E-state index contributed by atoms with van der Waals surface area (Å²) in [7, 11) is 1.65. The summed E-state index contributed by atoms with van der Waals surface area (Å²) in [5.74, 6) is 1.77. The van der Waals surface area contributed by atoms with Crippen LogP contribution < -0.4 is 9.47 Å². The van der Waals surface area contributed by atoms with Gasteiger partial charge in [0.25, 0.3) is 0 Å². The average molecular weight is 352 g/mol. The highest BCUT2D eigenvalue weighted by Gasteiger charge is 2.47. The lowest BCUT2D eigenvalue weighted by atomic mass is 9.70. The van der Waals surface area contributed by atoms with Crippen LogP contribution in [0, 0.1) is 5.41 Å². The fourth-order valence-electron chi connectivity index (χ4n) is 4.19. The van der Waals surface area contributed by atoms with Crippen molar-refractivity contribution in [3.05, 3.63) is 59.2 Å². The lowest BCUT2D eigenvalue weighted by Crippen LogP contribution is -2.34. The second-order valence-electron chi connectivity index (χ2n) is 7.47. The molecule has 0 atom stereocenters. The molecule has 0 radical (unpaired) electrons. The first-order chi connectivity index (χ1) is 12.6. The van der Waals surface area contributed by atoms with Crippen LogP contribution in [0.2, 0.25) is 0 Å². The Morgan fingerprint density at radius 2 is 1.77 bits per heavy atom. The van der Waals surface area contributed by atoms with Crippen LogP contribution in [0.3, 0.4) is 0 Å². The van der Waals surface area contributed by atoms with Gasteiger partial charge >= 0.3 is 0 Å². The summed E-state index contributed by atoms with van der Waals surface area (Å²) in [5, 5.41) is 9.77. The number of ether oxygens (including phenoxy) is 2. The van der Waals surface area contributed by atoms with E-state index in [9.17, 15) is 9.90 Å². The number of benzene rings is 2. The van der Waals surface area contributed by atoms with Crippen LogP contribution >= 0.6 is 0 Å². The molecule has 2 aliphatic rings. The van der Waals surface area contributed by atoms with Gasteiger partial charge in [-0.2, -0.15) is 0 Å². The minimum atomic E-state index is -0.295. The number of fused-ring (bicyclic) bond motifs is 1. The van der Waals surface area contributed by atoms with Crippen molar-refractivity contribution in [1.29, 1.82) is 0 Å². The van der Waals surface area contributed by atoms with E-state index in [0.717, 1.165) is 60.3 Å². The van der Waals surface area contributed by atoms with Gasteiger partial charge in [0.1, 0.15) is 18.1 Å². The molecule has 1 N–H and O–H groups in total. The summed E-state index contributed by atoms with van der Waals surface area (Å²) >= 11 is 0. The molecule has 0 heterocycles. The van der Waals surface area contributed by atoms with E-state index in [1.807, 2.05) is 42.5 Å². The Kier molecular flexibility index (Phi) is 4.45. The number of rotatable bonds is 4. The molecule has 0 bridgehead atoms. The van der Waals surface area contributed by atoms with Gasteiger partial charge in [-0.3, -0.25) is 4.79 Å². The second-order valence-corrected chi connectivity index (χ2v) is 7.47. The van der Waals surface area contributed by atoms with E-state index in [-0.39, 0.29) is 17.3 Å². The summed E-state index contributed by atoms with van der Waals surface area (Å²) in [5.41, 5.74) is 2.67. The number of carbonyl (C=O) groups excluding carboxylic acids is 1. The maximum absolute atomic E-state index is 13.0. The maximum Gasteiger partial charge on any atom is 0.169 e. The number of ketones is 1. The van der Waals surface area contributed by atoms with Crippen LogP contribution in [0.1, 0.15) is 47.2 Å². The van der Waals surface area contributed by atoms with Crippen LogP contribution in [0.25, 0.3) is 0 Å². The molecule has 4 rings (SSSR count). The molecular formula is C22H24O4. The fourth-order valence-corrected chi connectivity index (χ4v) is 4.19. The first-order valence-electron chi connectivity index (χ1n) is 9.21. The molecule has 1 saturated carbocycles. The smallest absolute Gasteiger partial charge is 0.169 e. The number of hydrogen-bond donors (Lipinski definition) is 1. The zero-order valence-electron chi connectivity index (χ0n) is 15.0. The van der Waals surface area contributed by atoms with Gasteiger partial charge in [0, 0.05) is 11.0 Å². The van der Waals surface area contributed by atoms with Gasteiger partial charge in [0.05, 0.1) is 13.2 Å². The van der Waals surface area contributed by atoms with Crippen molar-refractivity contribution in [2.75, 3.05) is 7.11 Å². The van der Waals surface area contributed by atoms with E-state index >= 15 is 0 Å². The Morgan fingerprint density at radius 3 is 2.46 bits per heavy atom. The highest BCUT2D eigenvalue weighted by molar-refractivity contribution is 6.05. The number of methoxy groups -OCH3 is 1. The molecule has 2 aromatic rings. The minimum Gasteiger partial charge on any atom is -0.497 e. The third kappa shape index (κ3) is 3.10. The normalized spacial score (nSPS) is 24.5. The molecule has 1 fully saturated rings. The van der Waals surface area contributed by atoms with Crippen LogP contribution in [-0.4, -0.2) is 24.1 Å². The van der Waals surface area contributed by atoms with Gasteiger partial charge in [-0.1, -0.05) is 18.2 Å². The van der Waals surface area contributed by atoms with Gasteiger partial charge in [0.15, 0.2) is 5.78 Å². The predicted octanol–water partition coefficient (Wildman–Crippen LogP) is 3.93. The van der Waals surface area contributed by atoms with Crippen molar-refractivity contribution in [1.82, 2.24) is 0 Å². The summed E-state index contributed by atoms with van der Waals surface area (Å²) in [6.07, 6.45) is 3.56. The molecule has 4 heteroatoms. The van der Waals surface area contributed by atoms with Crippen molar-refractivity contribution in [2.45, 2.75) is 44.8 Å². The van der Waals surface area contributed by atoms with E-state index in [1.165, 1.54) is 0 Å². The van der Waals surface area contributed by atoms with Crippen LogP contribution in [0.5, 0.6) is 11.5 Å². The summed E-state index contributed by atoms with van der Waals surface area (Å²) < 4.78 is 11.1. The topological polar surface area (TPSA) is 55.8 Å². The molecule has 0 aromatic heterocycles.